The van der Waals surface area contributed by atoms with Crippen LogP contribution in [0.3, 0.4) is 0 Å². The van der Waals surface area contributed by atoms with Crippen LogP contribution in [-0.4, -0.2) is 17.4 Å². The average Bonchev–Trinajstić information content (AvgIpc) is 2.51. The fourth-order valence-corrected chi connectivity index (χ4v) is 0.924. The second-order valence-corrected chi connectivity index (χ2v) is 2.31. The summed E-state index contributed by atoms with van der Waals surface area (Å²) in [6.45, 7) is 0. The summed E-state index contributed by atoms with van der Waals surface area (Å²) >= 11 is 0. The first-order valence-electron chi connectivity index (χ1n) is 3.45. The van der Waals surface area contributed by atoms with Crippen molar-refractivity contribution in [2.24, 2.45) is 0 Å². The summed E-state index contributed by atoms with van der Waals surface area (Å²) in [5.41, 5.74) is 0. The molecule has 64 valence electrons. The molecule has 1 aromatic rings. The van der Waals surface area contributed by atoms with E-state index in [0.29, 0.717) is 12.0 Å². The van der Waals surface area contributed by atoms with Gasteiger partial charge in [0.1, 0.15) is 18.0 Å². The van der Waals surface area contributed by atoms with E-state index < -0.39 is 11.9 Å². The van der Waals surface area contributed by atoms with Gasteiger partial charge in [-0.15, -0.1) is 0 Å². The number of hydrogen-bond acceptors (Lipinski definition) is 3. The maximum Gasteiger partial charge on any atom is 0.314 e. The Hall–Kier alpha value is -1.58. The van der Waals surface area contributed by atoms with Gasteiger partial charge in [0, 0.05) is 6.42 Å². The van der Waals surface area contributed by atoms with E-state index in [4.69, 9.17) is 9.52 Å². The number of hydrogen-bond donors (Lipinski definition) is 1. The third-order valence-electron chi connectivity index (χ3n) is 1.52. The highest BCUT2D eigenvalue weighted by molar-refractivity contribution is 5.78. The van der Waals surface area contributed by atoms with Gasteiger partial charge in [-0.3, -0.25) is 4.79 Å². The largest absolute Gasteiger partial charge is 0.481 e. The summed E-state index contributed by atoms with van der Waals surface area (Å²) < 4.78 is 4.87. The van der Waals surface area contributed by atoms with Crippen LogP contribution in [-0.2, 0) is 9.59 Å². The van der Waals surface area contributed by atoms with E-state index in [1.807, 2.05) is 0 Å². The average molecular weight is 168 g/mol. The Morgan fingerprint density at radius 2 is 2.50 bits per heavy atom. The van der Waals surface area contributed by atoms with Crippen molar-refractivity contribution < 1.29 is 19.1 Å². The quantitative estimate of drug-likeness (QED) is 0.682. The van der Waals surface area contributed by atoms with Crippen LogP contribution >= 0.6 is 0 Å². The third-order valence-corrected chi connectivity index (χ3v) is 1.52. The molecule has 0 radical (unpaired) electrons. The Balaban J connectivity index is 2.80. The Bertz CT molecular complexity index is 263. The summed E-state index contributed by atoms with van der Waals surface area (Å²) in [5, 5.41) is 8.66. The molecule has 1 atom stereocenters. The molecule has 0 saturated carbocycles. The number of carbonyl (C=O) groups is 2. The maximum atomic E-state index is 10.6. The molecule has 4 nitrogen and oxygen atoms in total. The summed E-state index contributed by atoms with van der Waals surface area (Å²) in [6, 6.07) is 3.14. The van der Waals surface area contributed by atoms with E-state index in [1.54, 1.807) is 12.1 Å². The first-order chi connectivity index (χ1) is 5.75. The molecular formula is C8H8O4. The lowest BCUT2D eigenvalue weighted by Crippen LogP contribution is -2.11. The highest BCUT2D eigenvalue weighted by Gasteiger charge is 2.21. The zero-order chi connectivity index (χ0) is 8.97. The summed E-state index contributed by atoms with van der Waals surface area (Å²) in [5.74, 6) is -1.58. The first-order valence-corrected chi connectivity index (χ1v) is 3.45. The maximum absolute atomic E-state index is 10.6. The molecule has 0 amide bonds. The van der Waals surface area contributed by atoms with Crippen LogP contribution in [0, 0.1) is 0 Å². The fraction of sp³-hybridized carbons (Fsp3) is 0.250. The summed E-state index contributed by atoms with van der Waals surface area (Å²) in [6.07, 6.45) is 1.90. The SMILES string of the molecule is O=CCC(C(=O)O)c1ccco1. The molecule has 0 fully saturated rings. The van der Waals surface area contributed by atoms with Crippen molar-refractivity contribution in [1.29, 1.82) is 0 Å². The van der Waals surface area contributed by atoms with E-state index in [9.17, 15) is 9.59 Å². The summed E-state index contributed by atoms with van der Waals surface area (Å²) in [4.78, 5) is 20.7. The number of carbonyl (C=O) groups excluding carboxylic acids is 1. The molecular weight excluding hydrogens is 160 g/mol. The van der Waals surface area contributed by atoms with E-state index in [1.165, 1.54) is 6.26 Å². The molecule has 0 saturated heterocycles. The van der Waals surface area contributed by atoms with Gasteiger partial charge in [0.05, 0.1) is 6.26 Å². The molecule has 1 heterocycles. The van der Waals surface area contributed by atoms with E-state index in [2.05, 4.69) is 0 Å². The molecule has 12 heavy (non-hydrogen) atoms. The van der Waals surface area contributed by atoms with Gasteiger partial charge in [0.2, 0.25) is 0 Å². The van der Waals surface area contributed by atoms with Gasteiger partial charge in [-0.25, -0.2) is 0 Å². The minimum atomic E-state index is -1.04. The van der Waals surface area contributed by atoms with E-state index >= 15 is 0 Å². The standard InChI is InChI=1S/C8H8O4/c9-4-3-6(8(10)11)7-2-1-5-12-7/h1-2,4-6H,3H2,(H,10,11). The van der Waals surface area contributed by atoms with Crippen molar-refractivity contribution in [3.05, 3.63) is 24.2 Å². The predicted octanol–water partition coefficient (Wildman–Crippen LogP) is 1.04. The van der Waals surface area contributed by atoms with Crippen LogP contribution in [0.2, 0.25) is 0 Å². The van der Waals surface area contributed by atoms with Crippen molar-refractivity contribution in [2.75, 3.05) is 0 Å². The molecule has 4 heteroatoms. The molecule has 0 aliphatic carbocycles. The van der Waals surface area contributed by atoms with Gasteiger partial charge >= 0.3 is 5.97 Å². The van der Waals surface area contributed by atoms with Crippen LogP contribution in [0.4, 0.5) is 0 Å². The van der Waals surface area contributed by atoms with Gasteiger partial charge in [-0.1, -0.05) is 0 Å². The predicted molar refractivity (Wildman–Crippen MR) is 39.8 cm³/mol. The van der Waals surface area contributed by atoms with Crippen LogP contribution in [0.15, 0.2) is 22.8 Å². The monoisotopic (exact) mass is 168 g/mol. The Labute approximate surface area is 68.8 Å². The molecule has 0 aliphatic heterocycles. The number of aliphatic carboxylic acids is 1. The van der Waals surface area contributed by atoms with Crippen molar-refractivity contribution in [3.8, 4) is 0 Å². The molecule has 1 unspecified atom stereocenters. The smallest absolute Gasteiger partial charge is 0.314 e. The third kappa shape index (κ3) is 1.72. The van der Waals surface area contributed by atoms with Crippen molar-refractivity contribution >= 4 is 12.3 Å². The number of furan rings is 1. The minimum absolute atomic E-state index is 0.0527. The Morgan fingerprint density at radius 1 is 1.75 bits per heavy atom. The van der Waals surface area contributed by atoms with Crippen LogP contribution in [0.25, 0.3) is 0 Å². The molecule has 1 aromatic heterocycles. The lowest BCUT2D eigenvalue weighted by Gasteiger charge is -2.03. The molecule has 0 spiro atoms. The highest BCUT2D eigenvalue weighted by Crippen LogP contribution is 2.18. The van der Waals surface area contributed by atoms with E-state index in [0.717, 1.165) is 0 Å². The Morgan fingerprint density at radius 3 is 2.92 bits per heavy atom. The van der Waals surface area contributed by atoms with Gasteiger partial charge in [-0.2, -0.15) is 0 Å². The number of aldehydes is 1. The number of rotatable bonds is 4. The van der Waals surface area contributed by atoms with Crippen molar-refractivity contribution in [2.45, 2.75) is 12.3 Å². The highest BCUT2D eigenvalue weighted by atomic mass is 16.4. The molecule has 0 bridgehead atoms. The zero-order valence-electron chi connectivity index (χ0n) is 6.27. The Kier molecular flexibility index (Phi) is 2.63. The molecule has 0 aromatic carbocycles. The van der Waals surface area contributed by atoms with E-state index in [-0.39, 0.29) is 6.42 Å². The molecule has 0 aliphatic rings. The van der Waals surface area contributed by atoms with Gasteiger partial charge in [0.15, 0.2) is 0 Å². The van der Waals surface area contributed by atoms with Crippen LogP contribution in [0.1, 0.15) is 18.1 Å². The first kappa shape index (κ1) is 8.52. The number of carboxylic acids is 1. The number of carboxylic acid groups (broad SMARTS) is 1. The van der Waals surface area contributed by atoms with Crippen molar-refractivity contribution in [1.82, 2.24) is 0 Å². The van der Waals surface area contributed by atoms with Crippen LogP contribution < -0.4 is 0 Å². The lowest BCUT2D eigenvalue weighted by atomic mass is 10.0. The second-order valence-electron chi connectivity index (χ2n) is 2.31. The van der Waals surface area contributed by atoms with Gasteiger partial charge < -0.3 is 14.3 Å². The zero-order valence-corrected chi connectivity index (χ0v) is 6.27. The lowest BCUT2D eigenvalue weighted by molar-refractivity contribution is -0.140. The second kappa shape index (κ2) is 3.71. The van der Waals surface area contributed by atoms with Crippen LogP contribution in [0.5, 0.6) is 0 Å². The minimum Gasteiger partial charge on any atom is -0.481 e. The molecule has 1 rings (SSSR count). The van der Waals surface area contributed by atoms with Crippen molar-refractivity contribution in [3.63, 3.8) is 0 Å². The normalized spacial score (nSPS) is 12.3. The molecule has 1 N–H and O–H groups in total. The topological polar surface area (TPSA) is 67.5 Å². The van der Waals surface area contributed by atoms with Gasteiger partial charge in [0.25, 0.3) is 0 Å². The summed E-state index contributed by atoms with van der Waals surface area (Å²) in [7, 11) is 0. The van der Waals surface area contributed by atoms with Gasteiger partial charge in [-0.05, 0) is 12.1 Å². The fourth-order valence-electron chi connectivity index (χ4n) is 0.924.